The minimum atomic E-state index is -0.446. The normalized spacial score (nSPS) is 59.2. The largest absolute Gasteiger partial charge is 0.393 e. The van der Waals surface area contributed by atoms with Gasteiger partial charge in [0.25, 0.3) is 0 Å². The van der Waals surface area contributed by atoms with E-state index in [1.165, 1.54) is 0 Å². The number of rotatable bonds is 0. The first-order valence-electron chi connectivity index (χ1n) is 9.30. The molecule has 4 fully saturated rings. The monoisotopic (exact) mass is 322 g/mol. The predicted octanol–water partition coefficient (Wildman–Crippen LogP) is 1.90. The summed E-state index contributed by atoms with van der Waals surface area (Å²) in [6, 6.07) is 0. The minimum Gasteiger partial charge on any atom is -0.393 e. The van der Waals surface area contributed by atoms with Crippen LogP contribution in [-0.2, 0) is 4.79 Å². The first kappa shape index (κ1) is 16.0. The van der Waals surface area contributed by atoms with E-state index in [-0.39, 0.29) is 46.6 Å². The lowest BCUT2D eigenvalue weighted by atomic mass is 9.44. The van der Waals surface area contributed by atoms with Crippen molar-refractivity contribution in [2.45, 2.75) is 77.1 Å². The lowest BCUT2D eigenvalue weighted by Crippen LogP contribution is -2.61. The third kappa shape index (κ3) is 2.17. The van der Waals surface area contributed by atoms with E-state index in [4.69, 9.17) is 0 Å². The van der Waals surface area contributed by atoms with Gasteiger partial charge >= 0.3 is 0 Å². The van der Waals surface area contributed by atoms with Crippen molar-refractivity contribution < 1.29 is 20.1 Å². The average molecular weight is 322 g/mol. The highest BCUT2D eigenvalue weighted by atomic mass is 16.3. The van der Waals surface area contributed by atoms with Gasteiger partial charge in [-0.15, -0.1) is 0 Å². The number of carbonyl (C=O) groups excluding carboxylic acids is 1. The zero-order chi connectivity index (χ0) is 16.6. The number of aliphatic hydroxyl groups is 3. The highest BCUT2D eigenvalue weighted by molar-refractivity contribution is 5.79. The van der Waals surface area contributed by atoms with Gasteiger partial charge in [-0.05, 0) is 66.6 Å². The molecule has 4 aliphatic carbocycles. The number of ketones is 1. The fourth-order valence-electron chi connectivity index (χ4n) is 7.26. The van der Waals surface area contributed by atoms with Gasteiger partial charge < -0.3 is 15.3 Å². The van der Waals surface area contributed by atoms with Gasteiger partial charge in [0.1, 0.15) is 5.78 Å². The molecule has 4 rings (SSSR count). The number of fused-ring (bicyclic) bond motifs is 5. The SMILES string of the molecule is C[C@@]12C[C@@H](O)C[C@H]1[C@@H]1C[C@@H](O)[C@H]3CC(=O)CC[C@]3(C)[C@H]1[C@H](O)C2. The Bertz CT molecular complexity index is 519. The minimum absolute atomic E-state index is 0.00432. The summed E-state index contributed by atoms with van der Waals surface area (Å²) in [4.78, 5) is 11.9. The van der Waals surface area contributed by atoms with Gasteiger partial charge in [-0.2, -0.15) is 0 Å². The molecule has 0 spiro atoms. The van der Waals surface area contributed by atoms with Crippen molar-refractivity contribution in [3.8, 4) is 0 Å². The Kier molecular flexibility index (Phi) is 3.51. The zero-order valence-corrected chi connectivity index (χ0v) is 14.2. The van der Waals surface area contributed by atoms with Crippen LogP contribution >= 0.6 is 0 Å². The van der Waals surface area contributed by atoms with Crippen molar-refractivity contribution in [2.75, 3.05) is 0 Å². The van der Waals surface area contributed by atoms with Crippen LogP contribution in [0.1, 0.15) is 58.8 Å². The summed E-state index contributed by atoms with van der Waals surface area (Å²) in [6.45, 7) is 4.40. The van der Waals surface area contributed by atoms with Gasteiger partial charge in [0.05, 0.1) is 18.3 Å². The summed E-state index contributed by atoms with van der Waals surface area (Å²) in [5, 5.41) is 32.0. The van der Waals surface area contributed by atoms with E-state index in [9.17, 15) is 20.1 Å². The molecule has 0 radical (unpaired) electrons. The van der Waals surface area contributed by atoms with Crippen molar-refractivity contribution in [1.82, 2.24) is 0 Å². The van der Waals surface area contributed by atoms with Crippen LogP contribution < -0.4 is 0 Å². The Morgan fingerprint density at radius 2 is 1.74 bits per heavy atom. The second kappa shape index (κ2) is 5.03. The smallest absolute Gasteiger partial charge is 0.133 e. The van der Waals surface area contributed by atoms with Crippen LogP contribution in [0.5, 0.6) is 0 Å². The van der Waals surface area contributed by atoms with Crippen molar-refractivity contribution in [2.24, 2.45) is 34.5 Å². The maximum Gasteiger partial charge on any atom is 0.133 e. The van der Waals surface area contributed by atoms with E-state index in [2.05, 4.69) is 13.8 Å². The van der Waals surface area contributed by atoms with Gasteiger partial charge in [-0.25, -0.2) is 0 Å². The van der Waals surface area contributed by atoms with E-state index < -0.39 is 6.10 Å². The molecule has 4 heteroatoms. The Morgan fingerprint density at radius 3 is 2.48 bits per heavy atom. The van der Waals surface area contributed by atoms with Crippen LogP contribution in [0.2, 0.25) is 0 Å². The van der Waals surface area contributed by atoms with Crippen molar-refractivity contribution >= 4 is 5.78 Å². The summed E-state index contributed by atoms with van der Waals surface area (Å²) >= 11 is 0. The van der Waals surface area contributed by atoms with Crippen molar-refractivity contribution in [3.05, 3.63) is 0 Å². The Labute approximate surface area is 138 Å². The average Bonchev–Trinajstić information content (AvgIpc) is 2.74. The lowest BCUT2D eigenvalue weighted by molar-refractivity contribution is -0.195. The van der Waals surface area contributed by atoms with E-state index >= 15 is 0 Å². The molecule has 0 aliphatic heterocycles. The highest BCUT2D eigenvalue weighted by Gasteiger charge is 2.63. The molecule has 0 amide bonds. The standard InChI is InChI=1S/C19H30O4/c1-18-8-11(21)6-13(18)12-7-15(22)14-5-10(20)3-4-19(14,2)17(12)16(23)9-18/h11-17,21-23H,3-9H2,1-2H3/t11-,12-,13-,14+,15+,16+,17+,18-,19-/m0/s1. The predicted molar refractivity (Wildman–Crippen MR) is 85.5 cm³/mol. The molecule has 3 N–H and O–H groups in total. The molecule has 4 saturated carbocycles. The molecular formula is C19H30O4. The second-order valence-corrected chi connectivity index (χ2v) is 9.47. The Hall–Kier alpha value is -0.450. The summed E-state index contributed by atoms with van der Waals surface area (Å²) in [7, 11) is 0. The molecule has 4 nitrogen and oxygen atoms in total. The third-order valence-electron chi connectivity index (χ3n) is 8.17. The van der Waals surface area contributed by atoms with E-state index in [1.807, 2.05) is 0 Å². The van der Waals surface area contributed by atoms with Crippen LogP contribution in [0.25, 0.3) is 0 Å². The number of hydrogen-bond donors (Lipinski definition) is 3. The summed E-state index contributed by atoms with van der Waals surface area (Å²) < 4.78 is 0. The van der Waals surface area contributed by atoms with Crippen LogP contribution in [0, 0.1) is 34.5 Å². The summed E-state index contributed by atoms with van der Waals surface area (Å²) in [5.74, 6) is 1.07. The molecule has 9 atom stereocenters. The molecule has 0 aromatic rings. The third-order valence-corrected chi connectivity index (χ3v) is 8.17. The quantitative estimate of drug-likeness (QED) is 0.636. The molecule has 0 bridgehead atoms. The van der Waals surface area contributed by atoms with Crippen molar-refractivity contribution in [1.29, 1.82) is 0 Å². The molecule has 0 aromatic heterocycles. The second-order valence-electron chi connectivity index (χ2n) is 9.47. The number of Topliss-reactive ketones (excluding diaryl/α,β-unsaturated/α-hetero) is 1. The maximum absolute atomic E-state index is 11.9. The molecule has 23 heavy (non-hydrogen) atoms. The van der Waals surface area contributed by atoms with Crippen molar-refractivity contribution in [3.63, 3.8) is 0 Å². The summed E-state index contributed by atoms with van der Waals surface area (Å²) in [5.41, 5.74) is -0.155. The Morgan fingerprint density at radius 1 is 1.00 bits per heavy atom. The molecule has 4 aliphatic rings. The summed E-state index contributed by atoms with van der Waals surface area (Å²) in [6.07, 6.45) is 3.76. The van der Waals surface area contributed by atoms with Gasteiger partial charge in [0.2, 0.25) is 0 Å². The van der Waals surface area contributed by atoms with Crippen LogP contribution in [0.3, 0.4) is 0 Å². The molecular weight excluding hydrogens is 292 g/mol. The van der Waals surface area contributed by atoms with Gasteiger partial charge in [-0.1, -0.05) is 13.8 Å². The highest BCUT2D eigenvalue weighted by Crippen LogP contribution is 2.65. The Balaban J connectivity index is 1.72. The molecule has 0 unspecified atom stereocenters. The molecule has 0 aromatic carbocycles. The van der Waals surface area contributed by atoms with Gasteiger partial charge in [0, 0.05) is 12.8 Å². The number of carbonyl (C=O) groups is 1. The topological polar surface area (TPSA) is 77.8 Å². The van der Waals surface area contributed by atoms with E-state index in [0.29, 0.717) is 25.2 Å². The van der Waals surface area contributed by atoms with E-state index in [1.54, 1.807) is 0 Å². The first-order chi connectivity index (χ1) is 10.7. The van der Waals surface area contributed by atoms with Gasteiger partial charge in [0.15, 0.2) is 0 Å². The molecule has 0 heterocycles. The van der Waals surface area contributed by atoms with E-state index in [0.717, 1.165) is 25.7 Å². The fraction of sp³-hybridized carbons (Fsp3) is 0.947. The maximum atomic E-state index is 11.9. The van der Waals surface area contributed by atoms with Crippen LogP contribution in [-0.4, -0.2) is 39.4 Å². The fourth-order valence-corrected chi connectivity index (χ4v) is 7.26. The zero-order valence-electron chi connectivity index (χ0n) is 14.2. The lowest BCUT2D eigenvalue weighted by Gasteiger charge is -2.62. The van der Waals surface area contributed by atoms with Crippen LogP contribution in [0.15, 0.2) is 0 Å². The number of hydrogen-bond acceptors (Lipinski definition) is 4. The van der Waals surface area contributed by atoms with Gasteiger partial charge in [-0.3, -0.25) is 4.79 Å². The first-order valence-corrected chi connectivity index (χ1v) is 9.30. The number of aliphatic hydroxyl groups excluding tert-OH is 3. The molecule has 0 saturated heterocycles. The molecule has 130 valence electrons. The van der Waals surface area contributed by atoms with Crippen LogP contribution in [0.4, 0.5) is 0 Å².